The standard InChI is InChI=1S/C20H23N3/c1-16-11-13-22(14-12-16)20-21-18-9-5-6-10-19(18)23(20)15-17-7-3-2-4-8-17/h2-10,16H,11-15H2,1H3. The van der Waals surface area contributed by atoms with Crippen LogP contribution < -0.4 is 4.90 Å². The normalized spacial score (nSPS) is 16.1. The first-order valence-electron chi connectivity index (χ1n) is 8.55. The fourth-order valence-electron chi connectivity index (χ4n) is 3.43. The molecule has 4 rings (SSSR count). The molecule has 23 heavy (non-hydrogen) atoms. The van der Waals surface area contributed by atoms with Gasteiger partial charge in [0.1, 0.15) is 0 Å². The zero-order chi connectivity index (χ0) is 15.6. The van der Waals surface area contributed by atoms with E-state index in [0.717, 1.165) is 37.0 Å². The van der Waals surface area contributed by atoms with Crippen LogP contribution >= 0.6 is 0 Å². The van der Waals surface area contributed by atoms with Crippen LogP contribution in [-0.2, 0) is 6.54 Å². The van der Waals surface area contributed by atoms with Crippen molar-refractivity contribution in [2.45, 2.75) is 26.3 Å². The average molecular weight is 305 g/mol. The Balaban J connectivity index is 1.75. The minimum atomic E-state index is 0.832. The van der Waals surface area contributed by atoms with E-state index >= 15 is 0 Å². The van der Waals surface area contributed by atoms with Gasteiger partial charge in [-0.05, 0) is 36.5 Å². The van der Waals surface area contributed by atoms with Gasteiger partial charge in [0.15, 0.2) is 0 Å². The van der Waals surface area contributed by atoms with Crippen molar-refractivity contribution < 1.29 is 0 Å². The van der Waals surface area contributed by atoms with E-state index in [2.05, 4.69) is 71.0 Å². The zero-order valence-electron chi connectivity index (χ0n) is 13.7. The number of piperidine rings is 1. The monoisotopic (exact) mass is 305 g/mol. The largest absolute Gasteiger partial charge is 0.342 e. The maximum absolute atomic E-state index is 4.95. The van der Waals surface area contributed by atoms with Crippen LogP contribution in [0.25, 0.3) is 11.0 Å². The van der Waals surface area contributed by atoms with Gasteiger partial charge in [0.05, 0.1) is 17.6 Å². The van der Waals surface area contributed by atoms with E-state index < -0.39 is 0 Å². The number of imidazole rings is 1. The minimum Gasteiger partial charge on any atom is -0.342 e. The van der Waals surface area contributed by atoms with Crippen LogP contribution in [0.1, 0.15) is 25.3 Å². The number of aromatic nitrogens is 2. The van der Waals surface area contributed by atoms with E-state index in [1.807, 2.05) is 0 Å². The highest BCUT2D eigenvalue weighted by molar-refractivity contribution is 5.79. The molecule has 0 unspecified atom stereocenters. The molecule has 2 aromatic carbocycles. The smallest absolute Gasteiger partial charge is 0.206 e. The Morgan fingerprint density at radius 2 is 1.65 bits per heavy atom. The lowest BCUT2D eigenvalue weighted by atomic mass is 10.00. The van der Waals surface area contributed by atoms with Crippen LogP contribution in [0.2, 0.25) is 0 Å². The predicted octanol–water partition coefficient (Wildman–Crippen LogP) is 4.32. The van der Waals surface area contributed by atoms with E-state index in [1.165, 1.54) is 23.9 Å². The van der Waals surface area contributed by atoms with Crippen molar-refractivity contribution in [3.8, 4) is 0 Å². The Morgan fingerprint density at radius 3 is 2.43 bits per heavy atom. The van der Waals surface area contributed by atoms with Gasteiger partial charge in [0.2, 0.25) is 5.95 Å². The highest BCUT2D eigenvalue weighted by atomic mass is 15.3. The predicted molar refractivity (Wildman–Crippen MR) is 95.9 cm³/mol. The molecular formula is C20H23N3. The van der Waals surface area contributed by atoms with E-state index in [1.54, 1.807) is 0 Å². The van der Waals surface area contributed by atoms with Gasteiger partial charge in [-0.2, -0.15) is 0 Å². The van der Waals surface area contributed by atoms with Gasteiger partial charge in [-0.25, -0.2) is 4.98 Å². The second-order valence-electron chi connectivity index (χ2n) is 6.64. The number of anilines is 1. The first-order valence-corrected chi connectivity index (χ1v) is 8.55. The molecule has 0 radical (unpaired) electrons. The molecule has 3 aromatic rings. The van der Waals surface area contributed by atoms with Gasteiger partial charge in [0, 0.05) is 13.1 Å². The summed E-state index contributed by atoms with van der Waals surface area (Å²) < 4.78 is 2.38. The fraction of sp³-hybridized carbons (Fsp3) is 0.350. The summed E-state index contributed by atoms with van der Waals surface area (Å²) in [5, 5.41) is 0. The van der Waals surface area contributed by atoms with Crippen molar-refractivity contribution in [1.82, 2.24) is 9.55 Å². The summed E-state index contributed by atoms with van der Waals surface area (Å²) in [6.45, 7) is 5.45. The van der Waals surface area contributed by atoms with Gasteiger partial charge in [-0.15, -0.1) is 0 Å². The van der Waals surface area contributed by atoms with Gasteiger partial charge in [-0.1, -0.05) is 49.4 Å². The third-order valence-corrected chi connectivity index (χ3v) is 4.88. The fourth-order valence-corrected chi connectivity index (χ4v) is 3.43. The summed E-state index contributed by atoms with van der Waals surface area (Å²) in [5.74, 6) is 1.96. The molecule has 0 saturated carbocycles. The third kappa shape index (κ3) is 2.83. The SMILES string of the molecule is CC1CCN(c2nc3ccccc3n2Cc2ccccc2)CC1. The van der Waals surface area contributed by atoms with Crippen molar-refractivity contribution in [3.05, 3.63) is 60.2 Å². The van der Waals surface area contributed by atoms with E-state index in [-0.39, 0.29) is 0 Å². The lowest BCUT2D eigenvalue weighted by Crippen LogP contribution is -2.34. The lowest BCUT2D eigenvalue weighted by molar-refractivity contribution is 0.432. The van der Waals surface area contributed by atoms with Crippen LogP contribution in [0, 0.1) is 5.92 Å². The molecule has 1 aromatic heterocycles. The van der Waals surface area contributed by atoms with Gasteiger partial charge in [0.25, 0.3) is 0 Å². The molecular weight excluding hydrogens is 282 g/mol. The van der Waals surface area contributed by atoms with Crippen molar-refractivity contribution in [1.29, 1.82) is 0 Å². The molecule has 0 amide bonds. The number of fused-ring (bicyclic) bond motifs is 1. The topological polar surface area (TPSA) is 21.1 Å². The van der Waals surface area contributed by atoms with Gasteiger partial charge in [-0.3, -0.25) is 0 Å². The molecule has 3 nitrogen and oxygen atoms in total. The number of hydrogen-bond donors (Lipinski definition) is 0. The van der Waals surface area contributed by atoms with Crippen LogP contribution in [0.5, 0.6) is 0 Å². The minimum absolute atomic E-state index is 0.832. The second-order valence-corrected chi connectivity index (χ2v) is 6.64. The summed E-state index contributed by atoms with van der Waals surface area (Å²) in [6.07, 6.45) is 2.52. The van der Waals surface area contributed by atoms with E-state index in [0.29, 0.717) is 0 Å². The molecule has 2 heterocycles. The quantitative estimate of drug-likeness (QED) is 0.718. The number of hydrogen-bond acceptors (Lipinski definition) is 2. The van der Waals surface area contributed by atoms with Crippen molar-refractivity contribution in [3.63, 3.8) is 0 Å². The number of nitrogens with zero attached hydrogens (tertiary/aromatic N) is 3. The van der Waals surface area contributed by atoms with Crippen molar-refractivity contribution in [2.24, 2.45) is 5.92 Å². The molecule has 0 N–H and O–H groups in total. The number of para-hydroxylation sites is 2. The highest BCUT2D eigenvalue weighted by Crippen LogP contribution is 2.27. The summed E-state index contributed by atoms with van der Waals surface area (Å²) >= 11 is 0. The Bertz CT molecular complexity index is 783. The second kappa shape index (κ2) is 6.07. The first kappa shape index (κ1) is 14.3. The van der Waals surface area contributed by atoms with Crippen LogP contribution in [0.4, 0.5) is 5.95 Å². The van der Waals surface area contributed by atoms with Crippen LogP contribution in [0.15, 0.2) is 54.6 Å². The van der Waals surface area contributed by atoms with Crippen molar-refractivity contribution in [2.75, 3.05) is 18.0 Å². The molecule has 1 saturated heterocycles. The molecule has 0 atom stereocenters. The maximum atomic E-state index is 4.95. The maximum Gasteiger partial charge on any atom is 0.206 e. The Labute approximate surface area is 137 Å². The Morgan fingerprint density at radius 1 is 0.957 bits per heavy atom. The Kier molecular flexibility index (Phi) is 3.78. The number of rotatable bonds is 3. The highest BCUT2D eigenvalue weighted by Gasteiger charge is 2.21. The van der Waals surface area contributed by atoms with Gasteiger partial charge >= 0.3 is 0 Å². The summed E-state index contributed by atoms with van der Waals surface area (Å²) in [5.41, 5.74) is 3.64. The van der Waals surface area contributed by atoms with Crippen molar-refractivity contribution >= 4 is 17.0 Å². The number of benzene rings is 2. The summed E-state index contributed by atoms with van der Waals surface area (Å²) in [7, 11) is 0. The molecule has 0 spiro atoms. The molecule has 118 valence electrons. The Hall–Kier alpha value is -2.29. The van der Waals surface area contributed by atoms with Crippen LogP contribution in [0.3, 0.4) is 0 Å². The van der Waals surface area contributed by atoms with Gasteiger partial charge < -0.3 is 9.47 Å². The third-order valence-electron chi connectivity index (χ3n) is 4.88. The van der Waals surface area contributed by atoms with Crippen LogP contribution in [-0.4, -0.2) is 22.6 Å². The summed E-state index contributed by atoms with van der Waals surface area (Å²) in [6, 6.07) is 19.1. The zero-order valence-corrected chi connectivity index (χ0v) is 13.7. The first-order chi connectivity index (χ1) is 11.3. The molecule has 0 bridgehead atoms. The van der Waals surface area contributed by atoms with E-state index in [9.17, 15) is 0 Å². The molecule has 3 heteroatoms. The molecule has 1 aliphatic heterocycles. The lowest BCUT2D eigenvalue weighted by Gasteiger charge is -2.31. The summed E-state index contributed by atoms with van der Waals surface area (Å²) in [4.78, 5) is 7.41. The average Bonchev–Trinajstić information content (AvgIpc) is 2.95. The molecule has 1 fully saturated rings. The molecule has 1 aliphatic rings. The van der Waals surface area contributed by atoms with E-state index in [4.69, 9.17) is 4.98 Å². The molecule has 0 aliphatic carbocycles.